The van der Waals surface area contributed by atoms with Crippen LogP contribution in [0.2, 0.25) is 0 Å². The van der Waals surface area contributed by atoms with Crippen molar-refractivity contribution >= 4 is 5.78 Å². The number of fused-ring (bicyclic) bond motifs is 1. The maximum absolute atomic E-state index is 12.3. The van der Waals surface area contributed by atoms with Crippen LogP contribution < -0.4 is 5.56 Å². The largest absolute Gasteiger partial charge is 0.278 e. The summed E-state index contributed by atoms with van der Waals surface area (Å²) < 4.78 is 3.17. The van der Waals surface area contributed by atoms with Gasteiger partial charge in [-0.3, -0.25) is 9.36 Å². The highest BCUT2D eigenvalue weighted by Crippen LogP contribution is 2.22. The van der Waals surface area contributed by atoms with E-state index >= 15 is 0 Å². The predicted octanol–water partition coefficient (Wildman–Crippen LogP) is 1.07. The number of hydrogen-bond acceptors (Lipinski definition) is 4. The molecule has 2 aromatic rings. The molecule has 0 spiro atoms. The molecule has 17 heavy (non-hydrogen) atoms. The molecule has 0 radical (unpaired) electrons. The van der Waals surface area contributed by atoms with Gasteiger partial charge in [-0.1, -0.05) is 32.8 Å². The Morgan fingerprint density at radius 2 is 1.76 bits per heavy atom. The van der Waals surface area contributed by atoms with Gasteiger partial charge in [0, 0.05) is 12.6 Å². The molecule has 6 heteroatoms. The lowest BCUT2D eigenvalue weighted by molar-refractivity contribution is 0.655. The van der Waals surface area contributed by atoms with Gasteiger partial charge < -0.3 is 0 Å². The monoisotopic (exact) mass is 235 g/mol. The van der Waals surface area contributed by atoms with Crippen molar-refractivity contribution in [3.63, 3.8) is 0 Å². The molecule has 0 saturated carbocycles. The van der Waals surface area contributed by atoms with E-state index in [1.54, 1.807) is 11.6 Å². The molecule has 92 valence electrons. The van der Waals surface area contributed by atoms with Crippen molar-refractivity contribution in [2.45, 2.75) is 39.5 Å². The summed E-state index contributed by atoms with van der Waals surface area (Å²) in [7, 11) is 1.70. The van der Waals surface area contributed by atoms with Gasteiger partial charge in [-0.25, -0.2) is 0 Å². The first-order chi connectivity index (χ1) is 7.95. The van der Waals surface area contributed by atoms with Gasteiger partial charge in [-0.05, 0) is 22.3 Å². The topological polar surface area (TPSA) is 65.1 Å². The van der Waals surface area contributed by atoms with Crippen molar-refractivity contribution < 1.29 is 0 Å². The van der Waals surface area contributed by atoms with Crippen LogP contribution in [0.5, 0.6) is 0 Å². The summed E-state index contributed by atoms with van der Waals surface area (Å²) in [5.74, 6) is 0.843. The minimum absolute atomic E-state index is 0.00833. The molecule has 2 heterocycles. The third-order valence-electron chi connectivity index (χ3n) is 2.92. The van der Waals surface area contributed by atoms with Gasteiger partial charge in [0.2, 0.25) is 0 Å². The first kappa shape index (κ1) is 11.8. The zero-order chi connectivity index (χ0) is 12.7. The van der Waals surface area contributed by atoms with E-state index in [0.717, 1.165) is 11.3 Å². The van der Waals surface area contributed by atoms with E-state index in [-0.39, 0.29) is 17.4 Å². The molecule has 0 saturated heterocycles. The number of aromatic nitrogens is 5. The standard InChI is InChI=1S/C11H17N5O/c1-6(2)8-9(7(3)4)16-11(12-13-14-16)15(5)10(8)17/h6-7H,1-5H3. The predicted molar refractivity (Wildman–Crippen MR) is 64.2 cm³/mol. The zero-order valence-electron chi connectivity index (χ0n) is 10.8. The van der Waals surface area contributed by atoms with Crippen molar-refractivity contribution in [1.29, 1.82) is 0 Å². The molecule has 0 aliphatic carbocycles. The fourth-order valence-electron chi connectivity index (χ4n) is 2.14. The summed E-state index contributed by atoms with van der Waals surface area (Å²) >= 11 is 0. The second kappa shape index (κ2) is 3.94. The summed E-state index contributed by atoms with van der Waals surface area (Å²) in [5.41, 5.74) is 1.69. The lowest BCUT2D eigenvalue weighted by Gasteiger charge is -2.17. The van der Waals surface area contributed by atoms with Crippen LogP contribution in [0, 0.1) is 0 Å². The van der Waals surface area contributed by atoms with E-state index in [0.29, 0.717) is 5.78 Å². The van der Waals surface area contributed by atoms with Crippen LogP contribution in [0.15, 0.2) is 4.79 Å². The molecule has 0 fully saturated rings. The number of nitrogens with zero attached hydrogens (tertiary/aromatic N) is 5. The maximum Gasteiger partial charge on any atom is 0.258 e. The van der Waals surface area contributed by atoms with Crippen LogP contribution in [0.3, 0.4) is 0 Å². The quantitative estimate of drug-likeness (QED) is 0.781. The maximum atomic E-state index is 12.3. The molecule has 2 aromatic heterocycles. The van der Waals surface area contributed by atoms with Gasteiger partial charge in [0.1, 0.15) is 0 Å². The van der Waals surface area contributed by atoms with E-state index in [1.165, 1.54) is 4.57 Å². The van der Waals surface area contributed by atoms with Crippen LogP contribution in [-0.2, 0) is 7.05 Å². The number of aryl methyl sites for hydroxylation is 1. The Morgan fingerprint density at radius 3 is 2.29 bits per heavy atom. The molecule has 6 nitrogen and oxygen atoms in total. The van der Waals surface area contributed by atoms with Gasteiger partial charge in [-0.2, -0.15) is 4.52 Å². The van der Waals surface area contributed by atoms with Crippen LogP contribution in [0.25, 0.3) is 5.78 Å². The smallest absolute Gasteiger partial charge is 0.258 e. The number of rotatable bonds is 2. The first-order valence-electron chi connectivity index (χ1n) is 5.76. The Labute approximate surface area is 99.3 Å². The zero-order valence-corrected chi connectivity index (χ0v) is 10.8. The third-order valence-corrected chi connectivity index (χ3v) is 2.92. The second-order valence-corrected chi connectivity index (χ2v) is 4.86. The molecule has 2 rings (SSSR count). The summed E-state index contributed by atoms with van der Waals surface area (Å²) in [5, 5.41) is 11.5. The van der Waals surface area contributed by atoms with Gasteiger partial charge in [-0.15, -0.1) is 0 Å². The Hall–Kier alpha value is -1.72. The van der Waals surface area contributed by atoms with E-state index < -0.39 is 0 Å². The van der Waals surface area contributed by atoms with E-state index in [2.05, 4.69) is 15.5 Å². The SMILES string of the molecule is CC(C)c1c(C(C)C)n2nnnc2n(C)c1=O. The molecule has 0 N–H and O–H groups in total. The summed E-state index contributed by atoms with van der Waals surface area (Å²) in [6.45, 7) is 8.11. The highest BCUT2D eigenvalue weighted by molar-refractivity contribution is 5.35. The third kappa shape index (κ3) is 1.64. The lowest BCUT2D eigenvalue weighted by atomic mass is 9.96. The van der Waals surface area contributed by atoms with Crippen molar-refractivity contribution in [2.24, 2.45) is 7.05 Å². The van der Waals surface area contributed by atoms with Crippen LogP contribution in [0.4, 0.5) is 0 Å². The summed E-state index contributed by atoms with van der Waals surface area (Å²) in [6.07, 6.45) is 0. The first-order valence-corrected chi connectivity index (χ1v) is 5.76. The normalized spacial score (nSPS) is 11.9. The molecule has 0 atom stereocenters. The highest BCUT2D eigenvalue weighted by Gasteiger charge is 2.21. The van der Waals surface area contributed by atoms with Crippen LogP contribution in [0.1, 0.15) is 50.8 Å². The molecule has 0 unspecified atom stereocenters. The summed E-state index contributed by atoms with van der Waals surface area (Å²) in [4.78, 5) is 12.3. The summed E-state index contributed by atoms with van der Waals surface area (Å²) in [6, 6.07) is 0. The van der Waals surface area contributed by atoms with E-state index in [9.17, 15) is 4.79 Å². The van der Waals surface area contributed by atoms with E-state index in [4.69, 9.17) is 0 Å². The number of hydrogen-bond donors (Lipinski definition) is 0. The minimum Gasteiger partial charge on any atom is -0.278 e. The molecule has 0 aliphatic heterocycles. The van der Waals surface area contributed by atoms with Crippen molar-refractivity contribution in [1.82, 2.24) is 24.6 Å². The van der Waals surface area contributed by atoms with Gasteiger partial charge in [0.05, 0.1) is 5.69 Å². The van der Waals surface area contributed by atoms with Crippen molar-refractivity contribution in [3.8, 4) is 0 Å². The van der Waals surface area contributed by atoms with Crippen molar-refractivity contribution in [3.05, 3.63) is 21.6 Å². The molecule has 0 amide bonds. The molecule has 0 aromatic carbocycles. The Kier molecular flexibility index (Phi) is 2.73. The molecule has 0 bridgehead atoms. The highest BCUT2D eigenvalue weighted by atomic mass is 16.1. The van der Waals surface area contributed by atoms with Gasteiger partial charge in [0.15, 0.2) is 0 Å². The van der Waals surface area contributed by atoms with Crippen molar-refractivity contribution in [2.75, 3.05) is 0 Å². The van der Waals surface area contributed by atoms with Crippen LogP contribution >= 0.6 is 0 Å². The van der Waals surface area contributed by atoms with E-state index in [1.807, 2.05) is 27.7 Å². The average molecular weight is 235 g/mol. The second-order valence-electron chi connectivity index (χ2n) is 4.86. The Bertz CT molecular complexity index is 608. The Balaban J connectivity index is 3.00. The average Bonchev–Trinajstić information content (AvgIpc) is 2.70. The molecule has 0 aliphatic rings. The molecular formula is C11H17N5O. The van der Waals surface area contributed by atoms with Gasteiger partial charge >= 0.3 is 0 Å². The molecular weight excluding hydrogens is 218 g/mol. The minimum atomic E-state index is -0.00833. The Morgan fingerprint density at radius 1 is 1.12 bits per heavy atom. The lowest BCUT2D eigenvalue weighted by Crippen LogP contribution is -2.28. The van der Waals surface area contributed by atoms with Crippen LogP contribution in [-0.4, -0.2) is 24.6 Å². The fraction of sp³-hybridized carbons (Fsp3) is 0.636. The fourth-order valence-corrected chi connectivity index (χ4v) is 2.14. The number of tetrazole rings is 1. The van der Waals surface area contributed by atoms with Gasteiger partial charge in [0.25, 0.3) is 11.3 Å².